The van der Waals surface area contributed by atoms with Gasteiger partial charge in [0.25, 0.3) is 0 Å². The minimum atomic E-state index is -0.219. The molecule has 24 heavy (non-hydrogen) atoms. The maximum Gasteiger partial charge on any atom is 0.323 e. The highest BCUT2D eigenvalue weighted by Gasteiger charge is 2.16. The molecule has 8 nitrogen and oxygen atoms in total. The molecule has 8 heteroatoms. The van der Waals surface area contributed by atoms with Gasteiger partial charge in [0, 0.05) is 5.69 Å². The first kappa shape index (κ1) is 14.2. The van der Waals surface area contributed by atoms with Gasteiger partial charge in [0.1, 0.15) is 0 Å². The molecule has 0 spiro atoms. The topological polar surface area (TPSA) is 104 Å². The Morgan fingerprint density at radius 1 is 1.08 bits per heavy atom. The molecule has 1 atom stereocenters. The first-order valence-electron chi connectivity index (χ1n) is 7.53. The van der Waals surface area contributed by atoms with Crippen molar-refractivity contribution in [3.05, 3.63) is 64.8 Å². The molecule has 0 radical (unpaired) electrons. The van der Waals surface area contributed by atoms with Crippen LogP contribution in [0.5, 0.6) is 0 Å². The van der Waals surface area contributed by atoms with Crippen LogP contribution in [0.1, 0.15) is 18.8 Å². The van der Waals surface area contributed by atoms with Gasteiger partial charge in [0.2, 0.25) is 0 Å². The molecule has 120 valence electrons. The summed E-state index contributed by atoms with van der Waals surface area (Å²) in [7, 11) is 0. The van der Waals surface area contributed by atoms with Crippen molar-refractivity contribution in [3.8, 4) is 5.69 Å². The van der Waals surface area contributed by atoms with Crippen molar-refractivity contribution in [1.82, 2.24) is 30.2 Å². The molecule has 0 saturated heterocycles. The number of anilines is 1. The Morgan fingerprint density at radius 3 is 2.71 bits per heavy atom. The van der Waals surface area contributed by atoms with Crippen LogP contribution in [0, 0.1) is 0 Å². The molecule has 0 amide bonds. The second kappa shape index (κ2) is 5.65. The fourth-order valence-corrected chi connectivity index (χ4v) is 2.65. The van der Waals surface area contributed by atoms with Crippen LogP contribution < -0.4 is 11.0 Å². The van der Waals surface area contributed by atoms with Crippen molar-refractivity contribution in [2.24, 2.45) is 0 Å². The first-order valence-corrected chi connectivity index (χ1v) is 7.53. The van der Waals surface area contributed by atoms with E-state index >= 15 is 0 Å². The number of nitrogens with one attached hydrogen (secondary N) is 3. The molecular formula is C16H15N7O. The van der Waals surface area contributed by atoms with Crippen LogP contribution in [0.25, 0.3) is 16.7 Å². The number of nitrogens with zero attached hydrogens (tertiary/aromatic N) is 4. The zero-order valence-electron chi connectivity index (χ0n) is 12.9. The van der Waals surface area contributed by atoms with Gasteiger partial charge in [-0.15, -0.1) is 5.10 Å². The molecule has 0 aliphatic rings. The molecular weight excluding hydrogens is 306 g/mol. The number of fused-ring (bicyclic) bond motifs is 1. The van der Waals surface area contributed by atoms with E-state index in [4.69, 9.17) is 0 Å². The lowest BCUT2D eigenvalue weighted by molar-refractivity contribution is 0.719. The van der Waals surface area contributed by atoms with Crippen LogP contribution in [0.4, 0.5) is 5.69 Å². The van der Waals surface area contributed by atoms with Crippen molar-refractivity contribution < 1.29 is 0 Å². The average molecular weight is 321 g/mol. The third-order valence-electron chi connectivity index (χ3n) is 3.78. The number of rotatable bonds is 4. The van der Waals surface area contributed by atoms with Crippen LogP contribution in [0.3, 0.4) is 0 Å². The Bertz CT molecular complexity index is 1030. The molecule has 2 heterocycles. The Labute approximate surface area is 136 Å². The predicted octanol–water partition coefficient (Wildman–Crippen LogP) is 2.00. The van der Waals surface area contributed by atoms with E-state index in [1.54, 1.807) is 4.68 Å². The summed E-state index contributed by atoms with van der Waals surface area (Å²) in [5, 5.41) is 15.3. The van der Waals surface area contributed by atoms with E-state index in [9.17, 15) is 4.79 Å². The van der Waals surface area contributed by atoms with Crippen molar-refractivity contribution in [3.63, 3.8) is 0 Å². The second-order valence-electron chi connectivity index (χ2n) is 5.49. The van der Waals surface area contributed by atoms with E-state index < -0.39 is 0 Å². The van der Waals surface area contributed by atoms with E-state index in [1.165, 1.54) is 0 Å². The standard InChI is InChI=1S/C16H15N7O/c1-10(15-20-21-22-23(15)12-5-3-2-4-6-12)17-11-7-8-13-14(9-11)19-16(24)18-13/h2-10,17H,1H3,(H2,18,19,24)/t10-/m0/s1. The average Bonchev–Trinajstić information content (AvgIpc) is 3.21. The molecule has 2 aromatic carbocycles. The molecule has 0 fully saturated rings. The van der Waals surface area contributed by atoms with Gasteiger partial charge in [-0.1, -0.05) is 18.2 Å². The fraction of sp³-hybridized carbons (Fsp3) is 0.125. The Balaban J connectivity index is 1.63. The van der Waals surface area contributed by atoms with Gasteiger partial charge in [-0.25, -0.2) is 4.79 Å². The summed E-state index contributed by atoms with van der Waals surface area (Å²) >= 11 is 0. The van der Waals surface area contributed by atoms with Gasteiger partial charge >= 0.3 is 5.69 Å². The number of benzene rings is 2. The van der Waals surface area contributed by atoms with Crippen molar-refractivity contribution in [2.45, 2.75) is 13.0 Å². The lowest BCUT2D eigenvalue weighted by Gasteiger charge is -2.15. The summed E-state index contributed by atoms with van der Waals surface area (Å²) in [6, 6.07) is 15.2. The lowest BCUT2D eigenvalue weighted by Crippen LogP contribution is -2.13. The van der Waals surface area contributed by atoms with Gasteiger partial charge < -0.3 is 15.3 Å². The van der Waals surface area contributed by atoms with E-state index in [0.717, 1.165) is 22.4 Å². The molecule has 0 unspecified atom stereocenters. The van der Waals surface area contributed by atoms with E-state index in [2.05, 4.69) is 30.8 Å². The third-order valence-corrected chi connectivity index (χ3v) is 3.78. The monoisotopic (exact) mass is 321 g/mol. The number of para-hydroxylation sites is 1. The zero-order chi connectivity index (χ0) is 16.5. The predicted molar refractivity (Wildman–Crippen MR) is 90.1 cm³/mol. The van der Waals surface area contributed by atoms with Crippen molar-refractivity contribution in [1.29, 1.82) is 0 Å². The molecule has 2 aromatic heterocycles. The maximum absolute atomic E-state index is 11.3. The summed E-state index contributed by atoms with van der Waals surface area (Å²) in [4.78, 5) is 16.8. The fourth-order valence-electron chi connectivity index (χ4n) is 2.65. The number of tetrazole rings is 1. The minimum Gasteiger partial charge on any atom is -0.375 e. The zero-order valence-corrected chi connectivity index (χ0v) is 12.9. The van der Waals surface area contributed by atoms with Crippen LogP contribution in [-0.2, 0) is 0 Å². The summed E-state index contributed by atoms with van der Waals surface area (Å²) in [5.41, 5.74) is 3.07. The molecule has 0 bridgehead atoms. The lowest BCUT2D eigenvalue weighted by atomic mass is 10.2. The van der Waals surface area contributed by atoms with Crippen LogP contribution >= 0.6 is 0 Å². The van der Waals surface area contributed by atoms with Crippen LogP contribution in [-0.4, -0.2) is 30.2 Å². The maximum atomic E-state index is 11.3. The third kappa shape index (κ3) is 2.54. The number of hydrogen-bond donors (Lipinski definition) is 3. The first-order chi connectivity index (χ1) is 11.7. The molecule has 3 N–H and O–H groups in total. The Kier molecular flexibility index (Phi) is 3.34. The van der Waals surface area contributed by atoms with Crippen LogP contribution in [0.15, 0.2) is 53.3 Å². The highest BCUT2D eigenvalue weighted by atomic mass is 16.1. The number of aromatic nitrogens is 6. The normalized spacial score (nSPS) is 12.4. The molecule has 0 aliphatic carbocycles. The summed E-state index contributed by atoms with van der Waals surface area (Å²) < 4.78 is 1.70. The van der Waals surface area contributed by atoms with Gasteiger partial charge in [0.05, 0.1) is 22.8 Å². The largest absolute Gasteiger partial charge is 0.375 e. The smallest absolute Gasteiger partial charge is 0.323 e. The number of imidazole rings is 1. The highest BCUT2D eigenvalue weighted by molar-refractivity contribution is 5.78. The molecule has 0 saturated carbocycles. The SMILES string of the molecule is C[C@H](Nc1ccc2[nH]c(=O)[nH]c2c1)c1nnnn1-c1ccccc1. The van der Waals surface area contributed by atoms with Gasteiger partial charge in [-0.05, 0) is 47.7 Å². The summed E-state index contributed by atoms with van der Waals surface area (Å²) in [5.74, 6) is 0.698. The van der Waals surface area contributed by atoms with E-state index in [1.807, 2.05) is 55.5 Å². The minimum absolute atomic E-state index is 0.122. The summed E-state index contributed by atoms with van der Waals surface area (Å²) in [6.45, 7) is 1.98. The molecule has 0 aliphatic heterocycles. The number of aromatic amines is 2. The Hall–Kier alpha value is -3.42. The second-order valence-corrected chi connectivity index (χ2v) is 5.49. The summed E-state index contributed by atoms with van der Waals surface area (Å²) in [6.07, 6.45) is 0. The van der Waals surface area contributed by atoms with Gasteiger partial charge in [-0.2, -0.15) is 4.68 Å². The van der Waals surface area contributed by atoms with Crippen LogP contribution in [0.2, 0.25) is 0 Å². The van der Waals surface area contributed by atoms with Gasteiger partial charge in [0.15, 0.2) is 5.82 Å². The molecule has 4 rings (SSSR count). The highest BCUT2D eigenvalue weighted by Crippen LogP contribution is 2.21. The quantitative estimate of drug-likeness (QED) is 0.533. The Morgan fingerprint density at radius 2 is 1.88 bits per heavy atom. The van der Waals surface area contributed by atoms with Crippen molar-refractivity contribution >= 4 is 16.7 Å². The van der Waals surface area contributed by atoms with E-state index in [0.29, 0.717) is 5.82 Å². The molecule has 4 aromatic rings. The number of hydrogen-bond acceptors (Lipinski definition) is 5. The van der Waals surface area contributed by atoms with Crippen molar-refractivity contribution in [2.75, 3.05) is 5.32 Å². The van der Waals surface area contributed by atoms with E-state index in [-0.39, 0.29) is 11.7 Å². The number of H-pyrrole nitrogens is 2. The van der Waals surface area contributed by atoms with Gasteiger partial charge in [-0.3, -0.25) is 0 Å².